The van der Waals surface area contributed by atoms with Crippen molar-refractivity contribution in [2.24, 2.45) is 0 Å². The van der Waals surface area contributed by atoms with Crippen LogP contribution in [0.3, 0.4) is 0 Å². The summed E-state index contributed by atoms with van der Waals surface area (Å²) >= 11 is 13.2. The van der Waals surface area contributed by atoms with Gasteiger partial charge in [-0.05, 0) is 24.0 Å². The van der Waals surface area contributed by atoms with Gasteiger partial charge in [0.25, 0.3) is 0 Å². The highest BCUT2D eigenvalue weighted by Gasteiger charge is 2.04. The first kappa shape index (κ1) is 11.9. The van der Waals surface area contributed by atoms with Gasteiger partial charge < -0.3 is 5.32 Å². The van der Waals surface area contributed by atoms with Crippen LogP contribution in [-0.2, 0) is 4.79 Å². The molecule has 1 aromatic rings. The summed E-state index contributed by atoms with van der Waals surface area (Å²) in [4.78, 5) is 11.2. The van der Waals surface area contributed by atoms with Gasteiger partial charge in [0.15, 0.2) is 0 Å². The molecule has 0 unspecified atom stereocenters. The Kier molecular flexibility index (Phi) is 4.78. The normalized spacial score (nSPS) is 9.93. The van der Waals surface area contributed by atoms with Crippen LogP contribution in [0.1, 0.15) is 6.42 Å². The highest BCUT2D eigenvalue weighted by Crippen LogP contribution is 2.25. The molecule has 1 N–H and O–H groups in total. The van der Waals surface area contributed by atoms with E-state index in [1.54, 1.807) is 12.1 Å². The molecule has 0 bridgehead atoms. The van der Waals surface area contributed by atoms with Gasteiger partial charge in [-0.3, -0.25) is 4.79 Å². The Hall–Kier alpha value is -0.190. The molecule has 1 amide bonds. The van der Waals surface area contributed by atoms with Gasteiger partial charge in [-0.1, -0.05) is 27.5 Å². The highest BCUT2D eigenvalue weighted by molar-refractivity contribution is 9.10. The third-order valence-electron chi connectivity index (χ3n) is 1.54. The molecule has 2 nitrogen and oxygen atoms in total. The second kappa shape index (κ2) is 5.63. The number of anilines is 1. The number of nitrogens with one attached hydrogen (secondary N) is 1. The number of carbonyl (C=O) groups excluding carboxylic acids is 1. The summed E-state index contributed by atoms with van der Waals surface area (Å²) in [7, 11) is 0. The van der Waals surface area contributed by atoms with Gasteiger partial charge in [0.2, 0.25) is 5.91 Å². The molecular formula is C9H9BrClNOS. The minimum absolute atomic E-state index is 0.0794. The average molecular weight is 295 g/mol. The monoisotopic (exact) mass is 293 g/mol. The summed E-state index contributed by atoms with van der Waals surface area (Å²) in [5.41, 5.74) is 0.627. The van der Waals surface area contributed by atoms with Gasteiger partial charge in [0.05, 0.1) is 10.7 Å². The molecule has 0 aliphatic rings. The van der Waals surface area contributed by atoms with E-state index in [4.69, 9.17) is 11.6 Å². The molecule has 0 aromatic heterocycles. The molecule has 5 heteroatoms. The zero-order chi connectivity index (χ0) is 10.6. The lowest BCUT2D eigenvalue weighted by molar-refractivity contribution is -0.115. The van der Waals surface area contributed by atoms with Crippen LogP contribution in [0.15, 0.2) is 22.7 Å². The standard InChI is InChI=1S/C9H9BrClNOS/c10-6-1-2-8(7(11)5-6)12-9(13)3-4-14/h1-2,5,14H,3-4H2,(H,12,13). The van der Waals surface area contributed by atoms with E-state index in [-0.39, 0.29) is 5.91 Å². The number of hydrogen-bond donors (Lipinski definition) is 2. The van der Waals surface area contributed by atoms with Crippen LogP contribution in [0.4, 0.5) is 5.69 Å². The maximum atomic E-state index is 11.2. The molecule has 0 aliphatic heterocycles. The second-order valence-corrected chi connectivity index (χ2v) is 4.42. The summed E-state index contributed by atoms with van der Waals surface area (Å²) in [5.74, 6) is 0.448. The minimum atomic E-state index is -0.0794. The lowest BCUT2D eigenvalue weighted by atomic mass is 10.3. The number of benzene rings is 1. The van der Waals surface area contributed by atoms with Crippen molar-refractivity contribution in [1.82, 2.24) is 0 Å². The Labute approximate surface area is 102 Å². The van der Waals surface area contributed by atoms with Gasteiger partial charge in [-0.2, -0.15) is 12.6 Å². The summed E-state index contributed by atoms with van der Waals surface area (Å²) in [6.07, 6.45) is 0.384. The number of carbonyl (C=O) groups is 1. The van der Waals surface area contributed by atoms with Crippen molar-refractivity contribution in [3.63, 3.8) is 0 Å². The van der Waals surface area contributed by atoms with E-state index in [1.165, 1.54) is 0 Å². The summed E-state index contributed by atoms with van der Waals surface area (Å²) in [5, 5.41) is 3.22. The van der Waals surface area contributed by atoms with E-state index < -0.39 is 0 Å². The quantitative estimate of drug-likeness (QED) is 0.822. The SMILES string of the molecule is O=C(CCS)Nc1ccc(Br)cc1Cl. The fourth-order valence-corrected chi connectivity index (χ4v) is 1.83. The van der Waals surface area contributed by atoms with Crippen molar-refractivity contribution in [1.29, 1.82) is 0 Å². The fraction of sp³-hybridized carbons (Fsp3) is 0.222. The molecule has 0 fully saturated rings. The van der Waals surface area contributed by atoms with Gasteiger partial charge in [0.1, 0.15) is 0 Å². The van der Waals surface area contributed by atoms with Gasteiger partial charge in [-0.15, -0.1) is 0 Å². The van der Waals surface area contributed by atoms with Gasteiger partial charge in [0, 0.05) is 10.9 Å². The Morgan fingerprint density at radius 3 is 2.86 bits per heavy atom. The van der Waals surface area contributed by atoms with Crippen molar-refractivity contribution in [3.8, 4) is 0 Å². The van der Waals surface area contributed by atoms with Crippen molar-refractivity contribution < 1.29 is 4.79 Å². The number of thiol groups is 1. The predicted octanol–water partition coefficient (Wildman–Crippen LogP) is 3.36. The Morgan fingerprint density at radius 2 is 2.29 bits per heavy atom. The van der Waals surface area contributed by atoms with Crippen molar-refractivity contribution in [2.75, 3.05) is 11.1 Å². The number of amides is 1. The molecule has 0 heterocycles. The van der Waals surface area contributed by atoms with Crippen molar-refractivity contribution in [3.05, 3.63) is 27.7 Å². The molecule has 0 atom stereocenters. The van der Waals surface area contributed by atoms with Gasteiger partial charge >= 0.3 is 0 Å². The van der Waals surface area contributed by atoms with E-state index in [9.17, 15) is 4.79 Å². The lowest BCUT2D eigenvalue weighted by Gasteiger charge is -2.06. The molecule has 0 aliphatic carbocycles. The largest absolute Gasteiger partial charge is 0.325 e. The van der Waals surface area contributed by atoms with E-state index >= 15 is 0 Å². The first-order valence-corrected chi connectivity index (χ1v) is 5.79. The molecule has 1 rings (SSSR count). The van der Waals surface area contributed by atoms with E-state index in [0.717, 1.165) is 4.47 Å². The second-order valence-electron chi connectivity index (χ2n) is 2.65. The van der Waals surface area contributed by atoms with Crippen LogP contribution < -0.4 is 5.32 Å². The molecule has 0 saturated carbocycles. The van der Waals surface area contributed by atoms with E-state index in [0.29, 0.717) is 22.9 Å². The minimum Gasteiger partial charge on any atom is -0.325 e. The van der Waals surface area contributed by atoms with Crippen LogP contribution in [0.5, 0.6) is 0 Å². The van der Waals surface area contributed by atoms with E-state index in [2.05, 4.69) is 33.9 Å². The van der Waals surface area contributed by atoms with Crippen LogP contribution in [-0.4, -0.2) is 11.7 Å². The van der Waals surface area contributed by atoms with Crippen LogP contribution >= 0.6 is 40.2 Å². The Balaban J connectivity index is 2.72. The zero-order valence-corrected chi connectivity index (χ0v) is 10.5. The maximum Gasteiger partial charge on any atom is 0.225 e. The predicted molar refractivity (Wildman–Crippen MR) is 66.3 cm³/mol. The first-order chi connectivity index (χ1) is 6.63. The zero-order valence-electron chi connectivity index (χ0n) is 7.26. The first-order valence-electron chi connectivity index (χ1n) is 3.99. The summed E-state index contributed by atoms with van der Waals surface area (Å²) in [6, 6.07) is 5.31. The fourth-order valence-electron chi connectivity index (χ4n) is 0.905. The van der Waals surface area contributed by atoms with Crippen molar-refractivity contribution >= 4 is 51.8 Å². The third-order valence-corrected chi connectivity index (χ3v) is 2.57. The number of hydrogen-bond acceptors (Lipinski definition) is 2. The Morgan fingerprint density at radius 1 is 1.57 bits per heavy atom. The summed E-state index contributed by atoms with van der Waals surface area (Å²) in [6.45, 7) is 0. The molecular weight excluding hydrogens is 286 g/mol. The average Bonchev–Trinajstić information content (AvgIpc) is 2.10. The van der Waals surface area contributed by atoms with E-state index in [1.807, 2.05) is 6.07 Å². The Bertz CT molecular complexity index is 346. The van der Waals surface area contributed by atoms with Crippen LogP contribution in [0.2, 0.25) is 5.02 Å². The molecule has 0 spiro atoms. The number of halogens is 2. The van der Waals surface area contributed by atoms with Gasteiger partial charge in [-0.25, -0.2) is 0 Å². The van der Waals surface area contributed by atoms with Crippen LogP contribution in [0, 0.1) is 0 Å². The lowest BCUT2D eigenvalue weighted by Crippen LogP contribution is -2.11. The molecule has 1 aromatic carbocycles. The molecule has 76 valence electrons. The van der Waals surface area contributed by atoms with Crippen molar-refractivity contribution in [2.45, 2.75) is 6.42 Å². The molecule has 14 heavy (non-hydrogen) atoms. The van der Waals surface area contributed by atoms with Crippen LogP contribution in [0.25, 0.3) is 0 Å². The highest BCUT2D eigenvalue weighted by atomic mass is 79.9. The molecule has 0 radical (unpaired) electrons. The third kappa shape index (κ3) is 3.52. The topological polar surface area (TPSA) is 29.1 Å². The number of rotatable bonds is 3. The smallest absolute Gasteiger partial charge is 0.225 e. The summed E-state index contributed by atoms with van der Waals surface area (Å²) < 4.78 is 0.884. The maximum absolute atomic E-state index is 11.2. The molecule has 0 saturated heterocycles.